The first-order valence-electron chi connectivity index (χ1n) is 10.6. The van der Waals surface area contributed by atoms with Crippen LogP contribution in [-0.4, -0.2) is 12.5 Å². The summed E-state index contributed by atoms with van der Waals surface area (Å²) in [6.07, 6.45) is 7.28. The molecule has 1 atom stereocenters. The minimum Gasteiger partial charge on any atom is -0.389 e. The van der Waals surface area contributed by atoms with E-state index < -0.39 is 5.91 Å². The number of benzene rings is 2. The first kappa shape index (κ1) is 21.6. The molecular formula is C25H28FN3O. The minimum absolute atomic E-state index is 0.0138. The van der Waals surface area contributed by atoms with Crippen molar-refractivity contribution in [1.82, 2.24) is 10.6 Å². The summed E-state index contributed by atoms with van der Waals surface area (Å²) in [4.78, 5) is 12.6. The average Bonchev–Trinajstić information content (AvgIpc) is 2.78. The fourth-order valence-electron chi connectivity index (χ4n) is 3.86. The average molecular weight is 406 g/mol. The van der Waals surface area contributed by atoms with Gasteiger partial charge in [0.1, 0.15) is 17.5 Å². The summed E-state index contributed by atoms with van der Waals surface area (Å²) in [5.41, 5.74) is 4.47. The fourth-order valence-corrected chi connectivity index (χ4v) is 3.86. The van der Waals surface area contributed by atoms with Crippen molar-refractivity contribution in [1.29, 1.82) is 5.26 Å². The second-order valence-electron chi connectivity index (χ2n) is 7.63. The number of amides is 1. The molecule has 0 aliphatic heterocycles. The molecule has 4 nitrogen and oxygen atoms in total. The van der Waals surface area contributed by atoms with Gasteiger partial charge in [-0.1, -0.05) is 43.3 Å². The van der Waals surface area contributed by atoms with E-state index in [1.165, 1.54) is 36.2 Å². The van der Waals surface area contributed by atoms with Crippen molar-refractivity contribution in [2.24, 2.45) is 0 Å². The number of hydrogen-bond donors (Lipinski definition) is 2. The lowest BCUT2D eigenvalue weighted by Gasteiger charge is -2.21. The van der Waals surface area contributed by atoms with E-state index in [-0.39, 0.29) is 17.4 Å². The summed E-state index contributed by atoms with van der Waals surface area (Å²) in [7, 11) is 0. The van der Waals surface area contributed by atoms with Crippen LogP contribution in [0.4, 0.5) is 4.39 Å². The van der Waals surface area contributed by atoms with Gasteiger partial charge in [0.25, 0.3) is 5.91 Å². The van der Waals surface area contributed by atoms with Crippen molar-refractivity contribution in [3.8, 4) is 6.07 Å². The van der Waals surface area contributed by atoms with E-state index in [1.54, 1.807) is 18.2 Å². The predicted molar refractivity (Wildman–Crippen MR) is 116 cm³/mol. The van der Waals surface area contributed by atoms with Crippen LogP contribution in [0.25, 0.3) is 0 Å². The molecule has 30 heavy (non-hydrogen) atoms. The van der Waals surface area contributed by atoms with Gasteiger partial charge in [-0.3, -0.25) is 4.79 Å². The largest absolute Gasteiger partial charge is 0.389 e. The molecule has 0 radical (unpaired) electrons. The molecule has 0 saturated carbocycles. The second-order valence-corrected chi connectivity index (χ2v) is 7.63. The van der Waals surface area contributed by atoms with E-state index in [1.807, 2.05) is 13.0 Å². The van der Waals surface area contributed by atoms with Gasteiger partial charge in [-0.05, 0) is 66.8 Å². The molecule has 0 bridgehead atoms. The molecule has 1 amide bonds. The highest BCUT2D eigenvalue weighted by molar-refractivity contribution is 5.97. The topological polar surface area (TPSA) is 64.9 Å². The third-order valence-corrected chi connectivity index (χ3v) is 5.60. The lowest BCUT2D eigenvalue weighted by molar-refractivity contribution is -0.117. The maximum absolute atomic E-state index is 13.7. The van der Waals surface area contributed by atoms with Gasteiger partial charge in [0, 0.05) is 12.7 Å². The van der Waals surface area contributed by atoms with Crippen molar-refractivity contribution in [3.63, 3.8) is 0 Å². The molecule has 2 aromatic carbocycles. The molecule has 0 saturated heterocycles. The minimum atomic E-state index is -0.402. The quantitative estimate of drug-likeness (QED) is 0.386. The lowest BCUT2D eigenvalue weighted by Crippen LogP contribution is -2.30. The Morgan fingerprint density at radius 2 is 1.97 bits per heavy atom. The molecule has 0 fully saturated rings. The van der Waals surface area contributed by atoms with Gasteiger partial charge in [-0.25, -0.2) is 4.39 Å². The third kappa shape index (κ3) is 5.48. The highest BCUT2D eigenvalue weighted by atomic mass is 19.1. The summed E-state index contributed by atoms with van der Waals surface area (Å²) in [5, 5.41) is 15.3. The van der Waals surface area contributed by atoms with Crippen LogP contribution in [0.1, 0.15) is 54.5 Å². The van der Waals surface area contributed by atoms with Crippen LogP contribution in [0.5, 0.6) is 0 Å². The number of nitrogens with one attached hydrogen (secondary N) is 2. The molecule has 1 aliphatic carbocycles. The molecule has 0 spiro atoms. The van der Waals surface area contributed by atoms with Crippen LogP contribution >= 0.6 is 0 Å². The van der Waals surface area contributed by atoms with Gasteiger partial charge in [-0.2, -0.15) is 5.26 Å². The SMILES string of the molecule is CCC(NC(=O)/C(C#N)=C\NCCc1ccccc1F)c1ccc2c(c1)CCCC2. The number of halogens is 1. The maximum Gasteiger partial charge on any atom is 0.263 e. The van der Waals surface area contributed by atoms with Crippen LogP contribution < -0.4 is 10.6 Å². The van der Waals surface area contributed by atoms with E-state index in [4.69, 9.17) is 0 Å². The van der Waals surface area contributed by atoms with Crippen LogP contribution in [0.3, 0.4) is 0 Å². The van der Waals surface area contributed by atoms with E-state index in [0.29, 0.717) is 18.5 Å². The number of carbonyl (C=O) groups is 1. The van der Waals surface area contributed by atoms with Gasteiger partial charge in [0.2, 0.25) is 0 Å². The van der Waals surface area contributed by atoms with Gasteiger partial charge in [0.05, 0.1) is 6.04 Å². The van der Waals surface area contributed by atoms with Crippen molar-refractivity contribution in [2.45, 2.75) is 51.5 Å². The third-order valence-electron chi connectivity index (χ3n) is 5.60. The van der Waals surface area contributed by atoms with Gasteiger partial charge < -0.3 is 10.6 Å². The van der Waals surface area contributed by atoms with Crippen LogP contribution in [-0.2, 0) is 24.1 Å². The number of rotatable bonds is 8. The first-order chi connectivity index (χ1) is 14.6. The molecule has 1 unspecified atom stereocenters. The Balaban J connectivity index is 1.59. The van der Waals surface area contributed by atoms with Crippen molar-refractivity contribution in [3.05, 3.63) is 82.3 Å². The van der Waals surface area contributed by atoms with E-state index in [9.17, 15) is 14.4 Å². The maximum atomic E-state index is 13.7. The molecule has 0 aromatic heterocycles. The number of fused-ring (bicyclic) bond motifs is 1. The number of hydrogen-bond acceptors (Lipinski definition) is 3. The zero-order valence-electron chi connectivity index (χ0n) is 17.4. The first-order valence-corrected chi connectivity index (χ1v) is 10.6. The Morgan fingerprint density at radius 1 is 1.20 bits per heavy atom. The number of carbonyl (C=O) groups excluding carboxylic acids is 1. The highest BCUT2D eigenvalue weighted by Gasteiger charge is 2.18. The summed E-state index contributed by atoms with van der Waals surface area (Å²) in [6.45, 7) is 2.45. The summed E-state index contributed by atoms with van der Waals surface area (Å²) >= 11 is 0. The van der Waals surface area contributed by atoms with Gasteiger partial charge in [-0.15, -0.1) is 0 Å². The number of nitrogens with zero attached hydrogens (tertiary/aromatic N) is 1. The van der Waals surface area contributed by atoms with Crippen molar-refractivity contribution >= 4 is 5.91 Å². The fraction of sp³-hybridized carbons (Fsp3) is 0.360. The summed E-state index contributed by atoms with van der Waals surface area (Å²) in [6, 6.07) is 14.9. The molecule has 3 rings (SSSR count). The van der Waals surface area contributed by atoms with E-state index >= 15 is 0 Å². The normalized spacial score (nSPS) is 14.4. The smallest absolute Gasteiger partial charge is 0.263 e. The van der Waals surface area contributed by atoms with Crippen molar-refractivity contribution in [2.75, 3.05) is 6.54 Å². The number of aryl methyl sites for hydroxylation is 2. The zero-order valence-corrected chi connectivity index (χ0v) is 17.4. The molecule has 2 N–H and O–H groups in total. The highest BCUT2D eigenvalue weighted by Crippen LogP contribution is 2.26. The Labute approximate surface area is 177 Å². The Morgan fingerprint density at radius 3 is 2.70 bits per heavy atom. The zero-order chi connectivity index (χ0) is 21.3. The lowest BCUT2D eigenvalue weighted by atomic mass is 9.88. The van der Waals surface area contributed by atoms with Crippen molar-refractivity contribution < 1.29 is 9.18 Å². The Hall–Kier alpha value is -3.13. The standard InChI is InChI=1S/C25H28FN3O/c1-2-24(21-12-11-18-7-3-4-9-20(18)15-21)29-25(30)22(16-27)17-28-14-13-19-8-5-6-10-23(19)26/h5-6,8,10-12,15,17,24,28H,2-4,7,9,13-14H2,1H3,(H,29,30)/b22-17-. The monoisotopic (exact) mass is 405 g/mol. The second kappa shape index (κ2) is 10.6. The van der Waals surface area contributed by atoms with Gasteiger partial charge in [0.15, 0.2) is 0 Å². The van der Waals surface area contributed by atoms with Crippen LogP contribution in [0, 0.1) is 17.1 Å². The summed E-state index contributed by atoms with van der Waals surface area (Å²) in [5.74, 6) is -0.655. The molecule has 156 valence electrons. The Kier molecular flexibility index (Phi) is 7.62. The molecule has 0 heterocycles. The van der Waals surface area contributed by atoms with Crippen LogP contribution in [0.15, 0.2) is 54.2 Å². The molecule has 1 aliphatic rings. The number of nitriles is 1. The summed E-state index contributed by atoms with van der Waals surface area (Å²) < 4.78 is 13.7. The van der Waals surface area contributed by atoms with E-state index in [2.05, 4.69) is 28.8 Å². The molecular weight excluding hydrogens is 377 g/mol. The molecule has 5 heteroatoms. The predicted octanol–water partition coefficient (Wildman–Crippen LogP) is 4.51. The van der Waals surface area contributed by atoms with Gasteiger partial charge >= 0.3 is 0 Å². The van der Waals surface area contributed by atoms with Crippen LogP contribution in [0.2, 0.25) is 0 Å². The Bertz CT molecular complexity index is 961. The van der Waals surface area contributed by atoms with E-state index in [0.717, 1.165) is 24.8 Å². The molecule has 2 aromatic rings.